The van der Waals surface area contributed by atoms with Gasteiger partial charge >= 0.3 is 0 Å². The summed E-state index contributed by atoms with van der Waals surface area (Å²) in [6.45, 7) is 2.61. The van der Waals surface area contributed by atoms with Crippen LogP contribution < -0.4 is 5.73 Å². The van der Waals surface area contributed by atoms with E-state index in [-0.39, 0.29) is 0 Å². The van der Waals surface area contributed by atoms with E-state index in [0.29, 0.717) is 29.6 Å². The molecule has 0 aromatic rings. The Morgan fingerprint density at radius 3 is 2.11 bits per heavy atom. The summed E-state index contributed by atoms with van der Waals surface area (Å²) in [6.07, 6.45) is 8.97. The topological polar surface area (TPSA) is 46.3 Å². The lowest BCUT2D eigenvalue weighted by atomic mass is 9.64. The van der Waals surface area contributed by atoms with Crippen molar-refractivity contribution in [1.82, 2.24) is 4.90 Å². The van der Waals surface area contributed by atoms with Crippen molar-refractivity contribution in [2.24, 2.45) is 29.4 Å². The molecular weight excluding hydrogens is 224 g/mol. The average Bonchev–Trinajstić information content (AvgIpc) is 2.70. The molecule has 0 aromatic heterocycles. The molecule has 1 unspecified atom stereocenters. The van der Waals surface area contributed by atoms with Gasteiger partial charge in [-0.05, 0) is 56.4 Å². The molecule has 0 spiro atoms. The summed E-state index contributed by atoms with van der Waals surface area (Å²) >= 11 is 0. The summed E-state index contributed by atoms with van der Waals surface area (Å²) in [5.74, 6) is 2.81. The van der Waals surface area contributed by atoms with Crippen LogP contribution in [0.5, 0.6) is 0 Å². The van der Waals surface area contributed by atoms with Crippen LogP contribution in [-0.2, 0) is 4.79 Å². The number of amides is 1. The minimum absolute atomic E-state index is 0.365. The third-order valence-electron chi connectivity index (χ3n) is 5.53. The second-order valence-corrected chi connectivity index (χ2v) is 6.58. The van der Waals surface area contributed by atoms with Gasteiger partial charge in [0, 0.05) is 19.0 Å². The number of likely N-dealkylation sites (tertiary alicyclic amines) is 1. The lowest BCUT2D eigenvalue weighted by molar-refractivity contribution is -0.141. The molecule has 1 amide bonds. The molecule has 0 aromatic carbocycles. The smallest absolute Gasteiger partial charge is 0.226 e. The zero-order chi connectivity index (χ0) is 12.5. The number of rotatable bonds is 4. The highest BCUT2D eigenvalue weighted by Gasteiger charge is 2.43. The minimum Gasteiger partial charge on any atom is -0.342 e. The maximum atomic E-state index is 12.8. The van der Waals surface area contributed by atoms with Crippen molar-refractivity contribution in [2.75, 3.05) is 19.6 Å². The van der Waals surface area contributed by atoms with E-state index in [1.807, 2.05) is 0 Å². The Morgan fingerprint density at radius 1 is 1.11 bits per heavy atom. The van der Waals surface area contributed by atoms with Gasteiger partial charge in [-0.3, -0.25) is 4.79 Å². The Kier molecular flexibility index (Phi) is 3.60. The number of hydrogen-bond acceptors (Lipinski definition) is 2. The van der Waals surface area contributed by atoms with Crippen LogP contribution in [0.1, 0.15) is 44.9 Å². The molecule has 1 atom stereocenters. The molecule has 3 nitrogen and oxygen atoms in total. The van der Waals surface area contributed by atoms with Crippen LogP contribution in [0, 0.1) is 23.7 Å². The lowest BCUT2D eigenvalue weighted by Crippen LogP contribution is -2.45. The van der Waals surface area contributed by atoms with Crippen molar-refractivity contribution in [1.29, 1.82) is 0 Å². The minimum atomic E-state index is 0.365. The maximum Gasteiger partial charge on any atom is 0.226 e. The van der Waals surface area contributed by atoms with Crippen molar-refractivity contribution in [2.45, 2.75) is 44.9 Å². The third-order valence-corrected chi connectivity index (χ3v) is 5.53. The normalized spacial score (nSPS) is 29.4. The molecular formula is C15H26N2O. The molecule has 0 radical (unpaired) electrons. The highest BCUT2D eigenvalue weighted by molar-refractivity contribution is 5.80. The summed E-state index contributed by atoms with van der Waals surface area (Å²) in [5.41, 5.74) is 5.73. The second kappa shape index (κ2) is 5.20. The zero-order valence-corrected chi connectivity index (χ0v) is 11.3. The molecule has 18 heavy (non-hydrogen) atoms. The quantitative estimate of drug-likeness (QED) is 0.829. The number of carbonyl (C=O) groups is 1. The predicted molar refractivity (Wildman–Crippen MR) is 71.9 cm³/mol. The Bertz CT molecular complexity index is 296. The first-order valence-corrected chi connectivity index (χ1v) is 7.78. The summed E-state index contributed by atoms with van der Waals surface area (Å²) in [6, 6.07) is 0. The fourth-order valence-electron chi connectivity index (χ4n) is 3.82. The Morgan fingerprint density at radius 2 is 1.72 bits per heavy atom. The van der Waals surface area contributed by atoms with Crippen LogP contribution in [0.25, 0.3) is 0 Å². The van der Waals surface area contributed by atoms with Crippen molar-refractivity contribution < 1.29 is 4.79 Å². The molecule has 2 N–H and O–H groups in total. The lowest BCUT2D eigenvalue weighted by Gasteiger charge is -2.43. The first-order chi connectivity index (χ1) is 8.79. The van der Waals surface area contributed by atoms with Gasteiger partial charge in [0.15, 0.2) is 0 Å². The summed E-state index contributed by atoms with van der Waals surface area (Å²) < 4.78 is 0. The Balaban J connectivity index is 1.64. The van der Waals surface area contributed by atoms with Crippen molar-refractivity contribution in [3.05, 3.63) is 0 Å². The fraction of sp³-hybridized carbons (Fsp3) is 0.933. The average molecular weight is 250 g/mol. The monoisotopic (exact) mass is 250 g/mol. The van der Waals surface area contributed by atoms with Crippen LogP contribution in [0.3, 0.4) is 0 Å². The Hall–Kier alpha value is -0.570. The molecule has 1 aliphatic heterocycles. The summed E-state index contributed by atoms with van der Waals surface area (Å²) in [7, 11) is 0. The molecule has 2 saturated carbocycles. The van der Waals surface area contributed by atoms with Crippen molar-refractivity contribution >= 4 is 5.91 Å². The van der Waals surface area contributed by atoms with E-state index in [1.54, 1.807) is 0 Å². The number of hydrogen-bond donors (Lipinski definition) is 1. The van der Waals surface area contributed by atoms with E-state index in [1.165, 1.54) is 38.5 Å². The standard InChI is InChI=1S/C15H26N2O/c16-9-11-7-8-17(10-11)15(18)14(12-3-1-4-12)13-5-2-6-13/h11-14H,1-10,16H2. The van der Waals surface area contributed by atoms with Gasteiger partial charge in [-0.1, -0.05) is 12.8 Å². The van der Waals surface area contributed by atoms with Gasteiger partial charge < -0.3 is 10.6 Å². The zero-order valence-electron chi connectivity index (χ0n) is 11.3. The first kappa shape index (κ1) is 12.5. The highest BCUT2D eigenvalue weighted by Crippen LogP contribution is 2.45. The third kappa shape index (κ3) is 2.18. The van der Waals surface area contributed by atoms with Crippen LogP contribution >= 0.6 is 0 Å². The van der Waals surface area contributed by atoms with Crippen molar-refractivity contribution in [3.8, 4) is 0 Å². The van der Waals surface area contributed by atoms with Gasteiger partial charge in [-0.25, -0.2) is 0 Å². The van der Waals surface area contributed by atoms with Gasteiger partial charge in [0.2, 0.25) is 5.91 Å². The van der Waals surface area contributed by atoms with Crippen LogP contribution in [0.4, 0.5) is 0 Å². The molecule has 3 heteroatoms. The van der Waals surface area contributed by atoms with E-state index in [0.717, 1.165) is 26.1 Å². The van der Waals surface area contributed by atoms with E-state index >= 15 is 0 Å². The molecule has 1 heterocycles. The Labute approximate surface area is 110 Å². The highest BCUT2D eigenvalue weighted by atomic mass is 16.2. The van der Waals surface area contributed by atoms with Gasteiger partial charge in [0.25, 0.3) is 0 Å². The fourth-order valence-corrected chi connectivity index (χ4v) is 3.82. The number of carbonyl (C=O) groups excluding carboxylic acids is 1. The largest absolute Gasteiger partial charge is 0.342 e. The van der Waals surface area contributed by atoms with E-state index in [2.05, 4.69) is 4.90 Å². The second-order valence-electron chi connectivity index (χ2n) is 6.58. The van der Waals surface area contributed by atoms with Gasteiger partial charge in [-0.2, -0.15) is 0 Å². The SMILES string of the molecule is NCC1CCN(C(=O)C(C2CCC2)C2CCC2)C1. The predicted octanol–water partition coefficient (Wildman–Crippen LogP) is 2.01. The molecule has 0 bridgehead atoms. The molecule has 2 aliphatic carbocycles. The molecule has 102 valence electrons. The van der Waals surface area contributed by atoms with E-state index in [4.69, 9.17) is 5.73 Å². The van der Waals surface area contributed by atoms with E-state index < -0.39 is 0 Å². The van der Waals surface area contributed by atoms with Gasteiger partial charge in [-0.15, -0.1) is 0 Å². The first-order valence-electron chi connectivity index (χ1n) is 7.78. The van der Waals surface area contributed by atoms with Gasteiger partial charge in [0.05, 0.1) is 0 Å². The summed E-state index contributed by atoms with van der Waals surface area (Å²) in [5, 5.41) is 0. The molecule has 3 fully saturated rings. The molecule has 3 aliphatic rings. The van der Waals surface area contributed by atoms with Crippen LogP contribution in [-0.4, -0.2) is 30.4 Å². The molecule has 3 rings (SSSR count). The number of nitrogens with two attached hydrogens (primary N) is 1. The van der Waals surface area contributed by atoms with Crippen LogP contribution in [0.15, 0.2) is 0 Å². The maximum absolute atomic E-state index is 12.8. The van der Waals surface area contributed by atoms with Crippen LogP contribution in [0.2, 0.25) is 0 Å². The molecule has 1 saturated heterocycles. The summed E-state index contributed by atoms with van der Waals surface area (Å²) in [4.78, 5) is 14.9. The van der Waals surface area contributed by atoms with E-state index in [9.17, 15) is 4.79 Å². The van der Waals surface area contributed by atoms with Gasteiger partial charge in [0.1, 0.15) is 0 Å². The van der Waals surface area contributed by atoms with Crippen molar-refractivity contribution in [3.63, 3.8) is 0 Å². The number of nitrogens with zero attached hydrogens (tertiary/aromatic N) is 1.